The number of likely N-dealkylation sites (tertiary alicyclic amines) is 1. The first-order chi connectivity index (χ1) is 14.1. The van der Waals surface area contributed by atoms with Gasteiger partial charge in [0, 0.05) is 57.0 Å². The molecular formula is C21H25N5O3. The molecule has 2 aliphatic rings. The zero-order valence-electron chi connectivity index (χ0n) is 16.8. The van der Waals surface area contributed by atoms with Gasteiger partial charge in [-0.05, 0) is 25.3 Å². The molecule has 1 unspecified atom stereocenters. The highest BCUT2D eigenvalue weighted by Gasteiger charge is 2.32. The Kier molecular flexibility index (Phi) is 5.42. The summed E-state index contributed by atoms with van der Waals surface area (Å²) in [5, 5.41) is 0. The van der Waals surface area contributed by atoms with Gasteiger partial charge >= 0.3 is 0 Å². The molecule has 8 nitrogen and oxygen atoms in total. The van der Waals surface area contributed by atoms with E-state index in [4.69, 9.17) is 9.72 Å². The van der Waals surface area contributed by atoms with Crippen LogP contribution < -0.4 is 4.74 Å². The van der Waals surface area contributed by atoms with Gasteiger partial charge < -0.3 is 14.5 Å². The molecule has 4 rings (SSSR count). The van der Waals surface area contributed by atoms with Gasteiger partial charge in [-0.25, -0.2) is 15.0 Å². The third-order valence-corrected chi connectivity index (χ3v) is 5.65. The lowest BCUT2D eigenvalue weighted by Crippen LogP contribution is -2.40. The van der Waals surface area contributed by atoms with E-state index in [2.05, 4.69) is 9.97 Å². The van der Waals surface area contributed by atoms with Crippen LogP contribution in [0.1, 0.15) is 59.7 Å². The average molecular weight is 395 g/mol. The van der Waals surface area contributed by atoms with E-state index < -0.39 is 0 Å². The average Bonchev–Trinajstić information content (AvgIpc) is 2.78. The summed E-state index contributed by atoms with van der Waals surface area (Å²) >= 11 is 0. The number of methoxy groups -OCH3 is 1. The first kappa shape index (κ1) is 19.3. The van der Waals surface area contributed by atoms with E-state index in [1.54, 1.807) is 37.3 Å². The number of carbonyl (C=O) groups is 2. The molecule has 4 heterocycles. The van der Waals surface area contributed by atoms with Crippen LogP contribution in [0.15, 0.2) is 24.5 Å². The number of piperidine rings is 1. The standard InChI is InChI=1S/C21H25N5O3/c1-14(27)25-10-8-17-16(13-25)12-23-20(24-17)18-5-3-4-9-26(18)21(28)15-6-7-19(29-2)22-11-15/h6-7,11-12,18H,3-5,8-10,13H2,1-2H3. The number of amides is 2. The summed E-state index contributed by atoms with van der Waals surface area (Å²) in [4.78, 5) is 42.0. The van der Waals surface area contributed by atoms with Gasteiger partial charge in [-0.1, -0.05) is 0 Å². The van der Waals surface area contributed by atoms with Gasteiger partial charge in [0.2, 0.25) is 11.8 Å². The zero-order valence-corrected chi connectivity index (χ0v) is 16.8. The van der Waals surface area contributed by atoms with Gasteiger partial charge in [0.15, 0.2) is 5.82 Å². The number of carbonyl (C=O) groups excluding carboxylic acids is 2. The molecule has 2 aromatic rings. The number of aromatic nitrogens is 3. The SMILES string of the molecule is COc1ccc(C(=O)N2CCCCC2c2ncc3c(n2)CCN(C(C)=O)C3)cn1. The summed E-state index contributed by atoms with van der Waals surface area (Å²) in [7, 11) is 1.55. The maximum atomic E-state index is 13.1. The molecule has 0 radical (unpaired) electrons. The van der Waals surface area contributed by atoms with Gasteiger partial charge in [0.05, 0.1) is 24.4 Å². The molecule has 29 heavy (non-hydrogen) atoms. The van der Waals surface area contributed by atoms with Crippen LogP contribution in [0, 0.1) is 0 Å². The normalized spacial score (nSPS) is 18.9. The number of nitrogens with zero attached hydrogens (tertiary/aromatic N) is 5. The highest BCUT2D eigenvalue weighted by molar-refractivity contribution is 5.94. The van der Waals surface area contributed by atoms with Crippen molar-refractivity contribution in [3.8, 4) is 5.88 Å². The summed E-state index contributed by atoms with van der Waals surface area (Å²) < 4.78 is 5.08. The number of fused-ring (bicyclic) bond motifs is 1. The first-order valence-electron chi connectivity index (χ1n) is 9.98. The molecule has 0 spiro atoms. The monoisotopic (exact) mass is 395 g/mol. The second kappa shape index (κ2) is 8.14. The molecule has 0 aliphatic carbocycles. The summed E-state index contributed by atoms with van der Waals surface area (Å²) in [6, 6.07) is 3.29. The number of ether oxygens (including phenoxy) is 1. The van der Waals surface area contributed by atoms with E-state index in [-0.39, 0.29) is 17.9 Å². The summed E-state index contributed by atoms with van der Waals surface area (Å²) in [6.45, 7) is 3.48. The fourth-order valence-corrected chi connectivity index (χ4v) is 4.00. The number of rotatable bonds is 3. The fraction of sp³-hybridized carbons (Fsp3) is 0.476. The Bertz CT molecular complexity index is 915. The molecule has 1 atom stereocenters. The van der Waals surface area contributed by atoms with Crippen molar-refractivity contribution in [2.75, 3.05) is 20.2 Å². The van der Waals surface area contributed by atoms with Gasteiger partial charge in [-0.2, -0.15) is 0 Å². The van der Waals surface area contributed by atoms with E-state index in [1.807, 2.05) is 11.1 Å². The van der Waals surface area contributed by atoms with E-state index in [0.717, 1.165) is 30.5 Å². The highest BCUT2D eigenvalue weighted by Crippen LogP contribution is 2.31. The minimum atomic E-state index is -0.144. The first-order valence-corrected chi connectivity index (χ1v) is 9.98. The minimum absolute atomic E-state index is 0.0612. The molecule has 2 aromatic heterocycles. The van der Waals surface area contributed by atoms with Crippen molar-refractivity contribution < 1.29 is 14.3 Å². The van der Waals surface area contributed by atoms with Crippen molar-refractivity contribution in [2.24, 2.45) is 0 Å². The molecular weight excluding hydrogens is 370 g/mol. The molecule has 1 fully saturated rings. The lowest BCUT2D eigenvalue weighted by atomic mass is 9.99. The fourth-order valence-electron chi connectivity index (χ4n) is 4.00. The Morgan fingerprint density at radius 3 is 2.72 bits per heavy atom. The molecule has 152 valence electrons. The molecule has 1 saturated heterocycles. The molecule has 0 aromatic carbocycles. The van der Waals surface area contributed by atoms with Gasteiger partial charge in [0.25, 0.3) is 5.91 Å². The topological polar surface area (TPSA) is 88.5 Å². The molecule has 0 N–H and O–H groups in total. The lowest BCUT2D eigenvalue weighted by Gasteiger charge is -2.35. The molecule has 8 heteroatoms. The predicted molar refractivity (Wildman–Crippen MR) is 105 cm³/mol. The maximum absolute atomic E-state index is 13.1. The maximum Gasteiger partial charge on any atom is 0.256 e. The van der Waals surface area contributed by atoms with E-state index in [0.29, 0.717) is 43.3 Å². The van der Waals surface area contributed by atoms with Crippen molar-refractivity contribution in [2.45, 2.75) is 45.2 Å². The second-order valence-corrected chi connectivity index (χ2v) is 7.49. The van der Waals surface area contributed by atoms with Crippen LogP contribution in [0.2, 0.25) is 0 Å². The van der Waals surface area contributed by atoms with Crippen molar-refractivity contribution in [3.63, 3.8) is 0 Å². The van der Waals surface area contributed by atoms with Crippen LogP contribution in [-0.4, -0.2) is 56.8 Å². The third-order valence-electron chi connectivity index (χ3n) is 5.65. The zero-order chi connectivity index (χ0) is 20.4. The minimum Gasteiger partial charge on any atom is -0.481 e. The van der Waals surface area contributed by atoms with Crippen molar-refractivity contribution in [1.82, 2.24) is 24.8 Å². The van der Waals surface area contributed by atoms with Crippen LogP contribution in [0.3, 0.4) is 0 Å². The van der Waals surface area contributed by atoms with Gasteiger partial charge in [0.1, 0.15) is 0 Å². The summed E-state index contributed by atoms with van der Waals surface area (Å²) in [5.41, 5.74) is 2.51. The quantitative estimate of drug-likeness (QED) is 0.791. The Morgan fingerprint density at radius 2 is 2.00 bits per heavy atom. The number of pyridine rings is 1. The van der Waals surface area contributed by atoms with Gasteiger partial charge in [-0.15, -0.1) is 0 Å². The van der Waals surface area contributed by atoms with E-state index in [1.165, 1.54) is 0 Å². The molecule has 2 aliphatic heterocycles. The second-order valence-electron chi connectivity index (χ2n) is 7.49. The Morgan fingerprint density at radius 1 is 1.14 bits per heavy atom. The van der Waals surface area contributed by atoms with Gasteiger partial charge in [-0.3, -0.25) is 9.59 Å². The largest absolute Gasteiger partial charge is 0.481 e. The van der Waals surface area contributed by atoms with Crippen LogP contribution in [0.5, 0.6) is 5.88 Å². The van der Waals surface area contributed by atoms with Crippen LogP contribution >= 0.6 is 0 Å². The Hall–Kier alpha value is -3.03. The van der Waals surface area contributed by atoms with E-state index >= 15 is 0 Å². The van der Waals surface area contributed by atoms with Crippen LogP contribution in [0.4, 0.5) is 0 Å². The number of hydrogen-bond acceptors (Lipinski definition) is 6. The lowest BCUT2D eigenvalue weighted by molar-refractivity contribution is -0.129. The Labute approximate surface area is 169 Å². The predicted octanol–water partition coefficient (Wildman–Crippen LogP) is 2.15. The van der Waals surface area contributed by atoms with E-state index in [9.17, 15) is 9.59 Å². The third kappa shape index (κ3) is 3.92. The van der Waals surface area contributed by atoms with Crippen molar-refractivity contribution in [3.05, 3.63) is 47.2 Å². The molecule has 0 saturated carbocycles. The highest BCUT2D eigenvalue weighted by atomic mass is 16.5. The van der Waals surface area contributed by atoms with Crippen LogP contribution in [-0.2, 0) is 17.8 Å². The Balaban J connectivity index is 1.57. The van der Waals surface area contributed by atoms with Crippen LogP contribution in [0.25, 0.3) is 0 Å². The smallest absolute Gasteiger partial charge is 0.256 e. The molecule has 2 amide bonds. The van der Waals surface area contributed by atoms with Crippen molar-refractivity contribution in [1.29, 1.82) is 0 Å². The summed E-state index contributed by atoms with van der Waals surface area (Å²) in [5.74, 6) is 1.18. The van der Waals surface area contributed by atoms with Crippen molar-refractivity contribution >= 4 is 11.8 Å². The summed E-state index contributed by atoms with van der Waals surface area (Å²) in [6.07, 6.45) is 6.93. The molecule has 0 bridgehead atoms. The number of hydrogen-bond donors (Lipinski definition) is 0.